The smallest absolute Gasteiger partial charge is 0.317 e. The van der Waals surface area contributed by atoms with Gasteiger partial charge in [-0.15, -0.1) is 0 Å². The molecule has 1 atom stereocenters. The number of fused-ring (bicyclic) bond motifs is 1. The van der Waals surface area contributed by atoms with Crippen LogP contribution in [0.2, 0.25) is 0 Å². The molecular weight excluding hydrogens is 344 g/mol. The Hall–Kier alpha value is -2.90. The molecule has 3 heterocycles. The molecule has 142 valence electrons. The van der Waals surface area contributed by atoms with E-state index in [4.69, 9.17) is 4.52 Å². The van der Waals surface area contributed by atoms with Crippen LogP contribution in [0, 0.1) is 0 Å². The Morgan fingerprint density at radius 2 is 2.33 bits per heavy atom. The van der Waals surface area contributed by atoms with E-state index in [1.54, 1.807) is 6.33 Å². The van der Waals surface area contributed by atoms with E-state index in [2.05, 4.69) is 25.4 Å². The fourth-order valence-corrected chi connectivity index (χ4v) is 3.39. The Balaban J connectivity index is 1.36. The van der Waals surface area contributed by atoms with Gasteiger partial charge < -0.3 is 19.7 Å². The summed E-state index contributed by atoms with van der Waals surface area (Å²) in [4.78, 5) is 26.2. The molecule has 4 rings (SSSR count). The first kappa shape index (κ1) is 17.5. The summed E-state index contributed by atoms with van der Waals surface area (Å²) in [5, 5.41) is 7.05. The van der Waals surface area contributed by atoms with Gasteiger partial charge in [0.05, 0.1) is 23.3 Å². The molecule has 2 aromatic heterocycles. The number of nitrogens with zero attached hydrogens (tertiary/aromatic N) is 4. The first-order valence-electron chi connectivity index (χ1n) is 9.38. The predicted octanol–water partition coefficient (Wildman–Crippen LogP) is 3.16. The minimum absolute atomic E-state index is 0.0620. The van der Waals surface area contributed by atoms with Crippen LogP contribution in [0.25, 0.3) is 11.0 Å². The Morgan fingerprint density at radius 1 is 1.44 bits per heavy atom. The summed E-state index contributed by atoms with van der Waals surface area (Å²) in [5.74, 6) is 1.70. The molecular formula is C19H24N6O2. The number of H-pyrrole nitrogens is 1. The second kappa shape index (κ2) is 7.38. The predicted molar refractivity (Wildman–Crippen MR) is 100 cm³/mol. The van der Waals surface area contributed by atoms with E-state index < -0.39 is 0 Å². The molecule has 2 amide bonds. The maximum absolute atomic E-state index is 12.6. The van der Waals surface area contributed by atoms with E-state index in [9.17, 15) is 4.79 Å². The standard InChI is InChI=1S/C19H24N6O2/c1-12(2)17-23-18(27-24-17)14-4-3-7-25(10-14)19(26)20-9-13-5-6-15-16(8-13)22-11-21-15/h5-6,8,11-12,14H,3-4,7,9-10H2,1-2H3,(H,20,26)(H,21,22)/t14-/m1/s1. The fraction of sp³-hybridized carbons (Fsp3) is 0.474. The lowest BCUT2D eigenvalue weighted by Gasteiger charge is -2.31. The molecule has 1 aliphatic heterocycles. The molecule has 2 N–H and O–H groups in total. The van der Waals surface area contributed by atoms with Gasteiger partial charge in [0.15, 0.2) is 5.82 Å². The number of hydrogen-bond donors (Lipinski definition) is 2. The number of rotatable bonds is 4. The van der Waals surface area contributed by atoms with Crippen LogP contribution in [0.15, 0.2) is 29.0 Å². The van der Waals surface area contributed by atoms with Crippen molar-refractivity contribution in [3.63, 3.8) is 0 Å². The average molecular weight is 368 g/mol. The van der Waals surface area contributed by atoms with Crippen LogP contribution >= 0.6 is 0 Å². The molecule has 27 heavy (non-hydrogen) atoms. The Labute approximate surface area is 157 Å². The van der Waals surface area contributed by atoms with E-state index in [0.29, 0.717) is 19.0 Å². The number of nitrogens with one attached hydrogen (secondary N) is 2. The number of carbonyl (C=O) groups is 1. The molecule has 1 aliphatic rings. The van der Waals surface area contributed by atoms with Gasteiger partial charge in [0.25, 0.3) is 0 Å². The van der Waals surface area contributed by atoms with Crippen molar-refractivity contribution in [2.24, 2.45) is 0 Å². The molecule has 0 spiro atoms. The number of amides is 2. The Kier molecular flexibility index (Phi) is 4.79. The van der Waals surface area contributed by atoms with Gasteiger partial charge in [0.1, 0.15) is 0 Å². The van der Waals surface area contributed by atoms with E-state index in [1.807, 2.05) is 36.9 Å². The zero-order valence-electron chi connectivity index (χ0n) is 15.6. The summed E-state index contributed by atoms with van der Waals surface area (Å²) in [6.45, 7) is 5.90. The molecule has 1 fully saturated rings. The zero-order valence-corrected chi connectivity index (χ0v) is 15.6. The van der Waals surface area contributed by atoms with E-state index in [1.165, 1.54) is 0 Å². The minimum atomic E-state index is -0.0620. The highest BCUT2D eigenvalue weighted by molar-refractivity contribution is 5.76. The normalized spacial score (nSPS) is 17.6. The molecule has 8 nitrogen and oxygen atoms in total. The number of likely N-dealkylation sites (tertiary alicyclic amines) is 1. The van der Waals surface area contributed by atoms with Crippen LogP contribution in [0.3, 0.4) is 0 Å². The third-order valence-corrected chi connectivity index (χ3v) is 4.96. The lowest BCUT2D eigenvalue weighted by atomic mass is 9.98. The Bertz CT molecular complexity index is 931. The molecule has 0 aliphatic carbocycles. The zero-order chi connectivity index (χ0) is 18.8. The van der Waals surface area contributed by atoms with Crippen LogP contribution in [0.4, 0.5) is 4.79 Å². The van der Waals surface area contributed by atoms with Crippen molar-refractivity contribution in [3.8, 4) is 0 Å². The van der Waals surface area contributed by atoms with E-state index in [-0.39, 0.29) is 17.9 Å². The van der Waals surface area contributed by atoms with Gasteiger partial charge in [0, 0.05) is 25.6 Å². The summed E-state index contributed by atoms with van der Waals surface area (Å²) in [6, 6.07) is 5.88. The van der Waals surface area contributed by atoms with Crippen LogP contribution in [0.1, 0.15) is 55.8 Å². The number of carbonyl (C=O) groups excluding carboxylic acids is 1. The highest BCUT2D eigenvalue weighted by atomic mass is 16.5. The quantitative estimate of drug-likeness (QED) is 0.737. The minimum Gasteiger partial charge on any atom is -0.345 e. The van der Waals surface area contributed by atoms with Crippen LogP contribution in [0.5, 0.6) is 0 Å². The molecule has 0 unspecified atom stereocenters. The SMILES string of the molecule is CC(C)c1noc([C@@H]2CCCN(C(=O)NCc3ccc4nc[nH]c4c3)C2)n1. The summed E-state index contributed by atoms with van der Waals surface area (Å²) in [6.07, 6.45) is 3.56. The van der Waals surface area contributed by atoms with Gasteiger partial charge >= 0.3 is 6.03 Å². The molecule has 0 bridgehead atoms. The number of piperidine rings is 1. The number of aromatic nitrogens is 4. The van der Waals surface area contributed by atoms with Gasteiger partial charge in [-0.05, 0) is 30.5 Å². The van der Waals surface area contributed by atoms with Crippen molar-refractivity contribution in [3.05, 3.63) is 41.8 Å². The summed E-state index contributed by atoms with van der Waals surface area (Å²) in [5.41, 5.74) is 2.92. The third kappa shape index (κ3) is 3.79. The lowest BCUT2D eigenvalue weighted by Crippen LogP contribution is -2.44. The highest BCUT2D eigenvalue weighted by Crippen LogP contribution is 2.26. The second-order valence-electron chi connectivity index (χ2n) is 7.34. The number of imidazole rings is 1. The van der Waals surface area contributed by atoms with E-state index >= 15 is 0 Å². The summed E-state index contributed by atoms with van der Waals surface area (Å²) >= 11 is 0. The lowest BCUT2D eigenvalue weighted by molar-refractivity contribution is 0.171. The van der Waals surface area contributed by atoms with Crippen LogP contribution in [-0.2, 0) is 6.54 Å². The van der Waals surface area contributed by atoms with Crippen LogP contribution in [-0.4, -0.2) is 44.1 Å². The molecule has 0 radical (unpaired) electrons. The first-order chi connectivity index (χ1) is 13.1. The van der Waals surface area contributed by atoms with Gasteiger partial charge in [-0.2, -0.15) is 4.98 Å². The molecule has 8 heteroatoms. The van der Waals surface area contributed by atoms with Gasteiger partial charge in [0.2, 0.25) is 5.89 Å². The second-order valence-corrected chi connectivity index (χ2v) is 7.34. The Morgan fingerprint density at radius 3 is 3.15 bits per heavy atom. The van der Waals surface area contributed by atoms with Gasteiger partial charge in [-0.3, -0.25) is 0 Å². The van der Waals surface area contributed by atoms with Gasteiger partial charge in [-0.1, -0.05) is 25.1 Å². The molecule has 0 saturated carbocycles. The molecule has 1 aromatic carbocycles. The first-order valence-corrected chi connectivity index (χ1v) is 9.38. The van der Waals surface area contributed by atoms with Gasteiger partial charge in [-0.25, -0.2) is 9.78 Å². The third-order valence-electron chi connectivity index (χ3n) is 4.96. The molecule has 3 aromatic rings. The molecule has 1 saturated heterocycles. The van der Waals surface area contributed by atoms with Crippen molar-refractivity contribution in [1.82, 2.24) is 30.3 Å². The summed E-state index contributed by atoms with van der Waals surface area (Å²) in [7, 11) is 0. The van der Waals surface area contributed by atoms with Crippen molar-refractivity contribution < 1.29 is 9.32 Å². The largest absolute Gasteiger partial charge is 0.345 e. The van der Waals surface area contributed by atoms with E-state index in [0.717, 1.165) is 41.8 Å². The summed E-state index contributed by atoms with van der Waals surface area (Å²) < 4.78 is 5.43. The highest BCUT2D eigenvalue weighted by Gasteiger charge is 2.28. The maximum atomic E-state index is 12.6. The monoisotopic (exact) mass is 368 g/mol. The average Bonchev–Trinajstić information content (AvgIpc) is 3.35. The fourth-order valence-electron chi connectivity index (χ4n) is 3.39. The van der Waals surface area contributed by atoms with Crippen LogP contribution < -0.4 is 5.32 Å². The number of benzene rings is 1. The van der Waals surface area contributed by atoms with Crippen molar-refractivity contribution in [1.29, 1.82) is 0 Å². The number of aromatic amines is 1. The number of urea groups is 1. The van der Waals surface area contributed by atoms with Crippen molar-refractivity contribution >= 4 is 17.1 Å². The topological polar surface area (TPSA) is 99.9 Å². The maximum Gasteiger partial charge on any atom is 0.317 e. The van der Waals surface area contributed by atoms with Crippen molar-refractivity contribution in [2.45, 2.75) is 45.1 Å². The number of hydrogen-bond acceptors (Lipinski definition) is 5. The van der Waals surface area contributed by atoms with Crippen molar-refractivity contribution in [2.75, 3.05) is 13.1 Å².